The molecule has 3 atom stereocenters. The summed E-state index contributed by atoms with van der Waals surface area (Å²) in [7, 11) is 0. The minimum atomic E-state index is -0.407. The van der Waals surface area contributed by atoms with Gasteiger partial charge in [-0.1, -0.05) is 0 Å². The van der Waals surface area contributed by atoms with Gasteiger partial charge < -0.3 is 14.5 Å². The second kappa shape index (κ2) is 6.70. The second-order valence-electron chi connectivity index (χ2n) is 6.39. The number of amides is 1. The van der Waals surface area contributed by atoms with Gasteiger partial charge in [-0.25, -0.2) is 4.98 Å². The van der Waals surface area contributed by atoms with E-state index >= 15 is 0 Å². The number of rotatable bonds is 4. The van der Waals surface area contributed by atoms with Crippen molar-refractivity contribution in [1.82, 2.24) is 14.9 Å². The number of furan rings is 1. The lowest BCUT2D eigenvalue weighted by Gasteiger charge is -2.33. The van der Waals surface area contributed by atoms with Crippen LogP contribution in [0.1, 0.15) is 18.4 Å². The molecule has 0 radical (unpaired) electrons. The Balaban J connectivity index is 1.33. The number of aromatic nitrogens is 2. The number of anilines is 1. The van der Waals surface area contributed by atoms with Crippen LogP contribution in [0.2, 0.25) is 0 Å². The summed E-state index contributed by atoms with van der Waals surface area (Å²) in [6, 6.07) is 1.98. The number of fused-ring (bicyclic) bond motifs is 1. The molecule has 2 aliphatic heterocycles. The first-order valence-corrected chi connectivity index (χ1v) is 8.24. The van der Waals surface area contributed by atoms with Crippen LogP contribution in [0.3, 0.4) is 0 Å². The van der Waals surface area contributed by atoms with Crippen LogP contribution in [0, 0.1) is 5.92 Å². The van der Waals surface area contributed by atoms with Crippen molar-refractivity contribution in [3.8, 4) is 0 Å². The Morgan fingerprint density at radius 1 is 1.42 bits per heavy atom. The zero-order valence-corrected chi connectivity index (χ0v) is 13.3. The highest BCUT2D eigenvalue weighted by Crippen LogP contribution is 2.34. The van der Waals surface area contributed by atoms with E-state index in [4.69, 9.17) is 9.15 Å². The van der Waals surface area contributed by atoms with Crippen molar-refractivity contribution in [2.75, 3.05) is 18.4 Å². The van der Waals surface area contributed by atoms with Gasteiger partial charge in [-0.15, -0.1) is 0 Å². The van der Waals surface area contributed by atoms with E-state index < -0.39 is 6.10 Å². The molecule has 2 saturated heterocycles. The fraction of sp³-hybridized carbons (Fsp3) is 0.471. The van der Waals surface area contributed by atoms with E-state index in [9.17, 15) is 4.79 Å². The molecule has 7 heteroatoms. The molecule has 2 aromatic rings. The van der Waals surface area contributed by atoms with Gasteiger partial charge in [0.05, 0.1) is 24.8 Å². The normalized spacial score (nSPS) is 26.9. The molecular weight excluding hydrogens is 308 g/mol. The van der Waals surface area contributed by atoms with Gasteiger partial charge in [0.15, 0.2) is 5.82 Å². The molecule has 0 bridgehead atoms. The quantitative estimate of drug-likeness (QED) is 0.920. The van der Waals surface area contributed by atoms with Crippen LogP contribution in [-0.2, 0) is 16.1 Å². The molecule has 1 N–H and O–H groups in total. The fourth-order valence-electron chi connectivity index (χ4n) is 3.52. The third-order valence-electron chi connectivity index (χ3n) is 4.73. The second-order valence-corrected chi connectivity index (χ2v) is 6.39. The number of piperidine rings is 1. The number of ether oxygens (including phenoxy) is 1. The molecule has 2 aliphatic rings. The van der Waals surface area contributed by atoms with Crippen LogP contribution in [0.4, 0.5) is 5.82 Å². The molecule has 2 aromatic heterocycles. The van der Waals surface area contributed by atoms with Crippen molar-refractivity contribution in [1.29, 1.82) is 0 Å². The van der Waals surface area contributed by atoms with E-state index in [0.29, 0.717) is 11.7 Å². The molecular formula is C17H20N4O3. The molecule has 0 aromatic carbocycles. The molecule has 0 saturated carbocycles. The predicted octanol–water partition coefficient (Wildman–Crippen LogP) is 1.69. The summed E-state index contributed by atoms with van der Waals surface area (Å²) in [5, 5.41) is 2.78. The standard InChI is InChI=1S/C17H20N4O3/c22-17(20-16-8-18-3-4-19-16)14-7-13-1-5-21(10-15(13)24-14)9-12-2-6-23-11-12/h2-4,6,8,11,13-15H,1,5,7,9-10H2,(H,19,20,22)/t13-,14+,15+/m1/s1. The summed E-state index contributed by atoms with van der Waals surface area (Å²) >= 11 is 0. The van der Waals surface area contributed by atoms with Crippen molar-refractivity contribution in [2.45, 2.75) is 31.6 Å². The third kappa shape index (κ3) is 3.32. The van der Waals surface area contributed by atoms with Crippen molar-refractivity contribution in [3.63, 3.8) is 0 Å². The predicted molar refractivity (Wildman–Crippen MR) is 86.0 cm³/mol. The van der Waals surface area contributed by atoms with Crippen LogP contribution in [0.15, 0.2) is 41.6 Å². The van der Waals surface area contributed by atoms with Crippen molar-refractivity contribution >= 4 is 11.7 Å². The van der Waals surface area contributed by atoms with Gasteiger partial charge in [0.2, 0.25) is 0 Å². The average molecular weight is 328 g/mol. The molecule has 0 aliphatic carbocycles. The minimum Gasteiger partial charge on any atom is -0.472 e. The lowest BCUT2D eigenvalue weighted by atomic mass is 9.91. The van der Waals surface area contributed by atoms with Crippen molar-refractivity contribution in [2.24, 2.45) is 5.92 Å². The molecule has 0 unspecified atom stereocenters. The van der Waals surface area contributed by atoms with Crippen LogP contribution in [0.25, 0.3) is 0 Å². The molecule has 2 fully saturated rings. The number of likely N-dealkylation sites (tertiary alicyclic amines) is 1. The molecule has 4 heterocycles. The Morgan fingerprint density at radius 3 is 3.17 bits per heavy atom. The lowest BCUT2D eigenvalue weighted by molar-refractivity contribution is -0.127. The maximum atomic E-state index is 12.4. The number of hydrogen-bond donors (Lipinski definition) is 1. The number of nitrogens with one attached hydrogen (secondary N) is 1. The average Bonchev–Trinajstić information content (AvgIpc) is 3.25. The van der Waals surface area contributed by atoms with Crippen LogP contribution >= 0.6 is 0 Å². The van der Waals surface area contributed by atoms with Crippen LogP contribution in [-0.4, -0.2) is 46.1 Å². The van der Waals surface area contributed by atoms with Gasteiger partial charge in [-0.05, 0) is 31.4 Å². The highest BCUT2D eigenvalue weighted by atomic mass is 16.5. The lowest BCUT2D eigenvalue weighted by Crippen LogP contribution is -2.41. The summed E-state index contributed by atoms with van der Waals surface area (Å²) in [6.07, 6.45) is 9.67. The number of nitrogens with zero attached hydrogens (tertiary/aromatic N) is 3. The smallest absolute Gasteiger partial charge is 0.254 e. The van der Waals surface area contributed by atoms with E-state index in [1.807, 2.05) is 6.07 Å². The summed E-state index contributed by atoms with van der Waals surface area (Å²) in [6.45, 7) is 2.73. The third-order valence-corrected chi connectivity index (χ3v) is 4.73. The topological polar surface area (TPSA) is 80.5 Å². The number of carbonyl (C=O) groups excluding carboxylic acids is 1. The van der Waals surface area contributed by atoms with Gasteiger partial charge in [0, 0.05) is 31.0 Å². The number of carbonyl (C=O) groups is 1. The molecule has 1 amide bonds. The fourth-order valence-corrected chi connectivity index (χ4v) is 3.52. The first kappa shape index (κ1) is 15.3. The Labute approximate surface area is 140 Å². The summed E-state index contributed by atoms with van der Waals surface area (Å²) in [5.41, 5.74) is 1.17. The zero-order valence-electron chi connectivity index (χ0n) is 13.3. The summed E-state index contributed by atoms with van der Waals surface area (Å²) in [5.74, 6) is 0.775. The van der Waals surface area contributed by atoms with Gasteiger partial charge in [0.25, 0.3) is 5.91 Å². The zero-order chi connectivity index (χ0) is 16.4. The van der Waals surface area contributed by atoms with E-state index in [2.05, 4.69) is 20.2 Å². The maximum absolute atomic E-state index is 12.4. The van der Waals surface area contributed by atoms with Gasteiger partial charge >= 0.3 is 0 Å². The van der Waals surface area contributed by atoms with Crippen molar-refractivity contribution < 1.29 is 13.9 Å². The summed E-state index contributed by atoms with van der Waals surface area (Å²) < 4.78 is 11.1. The summed E-state index contributed by atoms with van der Waals surface area (Å²) in [4.78, 5) is 22.7. The van der Waals surface area contributed by atoms with Gasteiger partial charge in [0.1, 0.15) is 6.10 Å². The number of hydrogen-bond acceptors (Lipinski definition) is 6. The van der Waals surface area contributed by atoms with Crippen molar-refractivity contribution in [3.05, 3.63) is 42.7 Å². The largest absolute Gasteiger partial charge is 0.472 e. The minimum absolute atomic E-state index is 0.114. The van der Waals surface area contributed by atoms with E-state index in [0.717, 1.165) is 32.5 Å². The molecule has 126 valence electrons. The first-order valence-electron chi connectivity index (χ1n) is 8.24. The Morgan fingerprint density at radius 2 is 2.38 bits per heavy atom. The SMILES string of the molecule is O=C(Nc1cnccn1)[C@@H]1C[C@H]2CCN(Cc3ccoc3)C[C@@H]2O1. The van der Waals surface area contributed by atoms with E-state index in [1.165, 1.54) is 11.8 Å². The molecule has 4 rings (SSSR count). The van der Waals surface area contributed by atoms with Gasteiger partial charge in [-0.3, -0.25) is 14.7 Å². The monoisotopic (exact) mass is 328 g/mol. The Kier molecular flexibility index (Phi) is 4.27. The van der Waals surface area contributed by atoms with Gasteiger partial charge in [-0.2, -0.15) is 0 Å². The van der Waals surface area contributed by atoms with Crippen LogP contribution in [0.5, 0.6) is 0 Å². The molecule has 0 spiro atoms. The molecule has 24 heavy (non-hydrogen) atoms. The highest BCUT2D eigenvalue weighted by molar-refractivity contribution is 5.93. The van der Waals surface area contributed by atoms with Crippen LogP contribution < -0.4 is 5.32 Å². The highest BCUT2D eigenvalue weighted by Gasteiger charge is 2.41. The van der Waals surface area contributed by atoms with E-state index in [-0.39, 0.29) is 12.0 Å². The van der Waals surface area contributed by atoms with E-state index in [1.54, 1.807) is 24.9 Å². The maximum Gasteiger partial charge on any atom is 0.254 e. The Bertz CT molecular complexity index is 676. The first-order chi connectivity index (χ1) is 11.8. The Hall–Kier alpha value is -2.25. The molecule has 7 nitrogen and oxygen atoms in total.